The van der Waals surface area contributed by atoms with Gasteiger partial charge < -0.3 is 25.9 Å². The van der Waals surface area contributed by atoms with Crippen molar-refractivity contribution < 1.29 is 0 Å². The van der Waals surface area contributed by atoms with Crippen molar-refractivity contribution in [3.8, 4) is 6.07 Å². The Labute approximate surface area is 263 Å². The number of nitrogens with two attached hydrogens (primary N) is 2. The number of nitrogens with one attached hydrogen (secondary N) is 2. The van der Waals surface area contributed by atoms with Gasteiger partial charge in [0.25, 0.3) is 5.56 Å². The number of benzene rings is 2. The summed E-state index contributed by atoms with van der Waals surface area (Å²) in [4.78, 5) is 17.6. The smallest absolute Gasteiger partial charge is 0.258 e. The van der Waals surface area contributed by atoms with E-state index in [4.69, 9.17) is 23.2 Å². The van der Waals surface area contributed by atoms with E-state index in [0.29, 0.717) is 45.1 Å². The van der Waals surface area contributed by atoms with Crippen LogP contribution < -0.4 is 27.8 Å². The molecular weight excluding hydrogens is 572 g/mol. The summed E-state index contributed by atoms with van der Waals surface area (Å²) in [5.41, 5.74) is 10.4. The number of nitrogens with zero attached hydrogens (tertiary/aromatic N) is 4. The minimum atomic E-state index is -0.558. The Morgan fingerprint density at radius 1 is 1.25 bits per heavy atom. The second kappa shape index (κ2) is 12.0. The van der Waals surface area contributed by atoms with E-state index in [1.165, 1.54) is 0 Å². The van der Waals surface area contributed by atoms with Gasteiger partial charge in [-0.1, -0.05) is 51.4 Å². The number of fused-ring (bicyclic) bond motifs is 2. The summed E-state index contributed by atoms with van der Waals surface area (Å²) in [6.45, 7) is 9.16. The monoisotopic (exact) mass is 612 g/mol. The Hall–Kier alpha value is -4.26. The summed E-state index contributed by atoms with van der Waals surface area (Å²) < 4.78 is 1.56. The van der Waals surface area contributed by atoms with Crippen LogP contribution in [0.2, 0.25) is 5.02 Å². The molecule has 1 aliphatic carbocycles. The Balaban J connectivity index is 1.66. The number of hydrogen-bond donors (Lipinski definition) is 4. The Morgan fingerprint density at radius 2 is 2.00 bits per heavy atom. The van der Waals surface area contributed by atoms with Crippen molar-refractivity contribution in [3.05, 3.63) is 87.2 Å². The number of pyridine rings is 2. The van der Waals surface area contributed by atoms with Crippen LogP contribution in [-0.4, -0.2) is 26.6 Å². The number of hydrogen-bond acceptors (Lipinski definition) is 8. The maximum atomic E-state index is 13.1. The molecule has 1 saturated carbocycles. The molecule has 6 N–H and O–H groups in total. The topological polar surface area (TPSA) is 138 Å². The fourth-order valence-electron chi connectivity index (χ4n) is 5.88. The van der Waals surface area contributed by atoms with E-state index in [-0.39, 0.29) is 16.5 Å². The predicted molar refractivity (Wildman–Crippen MR) is 180 cm³/mol. The van der Waals surface area contributed by atoms with E-state index in [2.05, 4.69) is 49.4 Å². The molecule has 0 spiro atoms. The van der Waals surface area contributed by atoms with Crippen LogP contribution in [-0.2, 0) is 7.05 Å². The van der Waals surface area contributed by atoms with Gasteiger partial charge in [-0.2, -0.15) is 5.26 Å². The molecule has 230 valence electrons. The fourth-order valence-corrected chi connectivity index (χ4v) is 6.15. The van der Waals surface area contributed by atoms with Crippen molar-refractivity contribution in [2.45, 2.75) is 65.0 Å². The second-order valence-electron chi connectivity index (χ2n) is 13.0. The van der Waals surface area contributed by atoms with Crippen LogP contribution in [0, 0.1) is 16.7 Å². The highest BCUT2D eigenvalue weighted by Crippen LogP contribution is 2.40. The molecule has 0 saturated heterocycles. The average molecular weight is 613 g/mol. The molecule has 0 aliphatic heterocycles. The first-order valence-corrected chi connectivity index (χ1v) is 15.4. The third-order valence-electron chi connectivity index (χ3n) is 8.73. The summed E-state index contributed by atoms with van der Waals surface area (Å²) in [6, 6.07) is 13.0. The molecule has 44 heavy (non-hydrogen) atoms. The number of nitriles is 1. The molecule has 2 aromatic carbocycles. The van der Waals surface area contributed by atoms with Crippen LogP contribution >= 0.6 is 11.6 Å². The Kier molecular flexibility index (Phi) is 8.52. The molecule has 1 unspecified atom stereocenters. The van der Waals surface area contributed by atoms with Gasteiger partial charge in [0.05, 0.1) is 39.1 Å². The molecule has 2 heterocycles. The first-order valence-electron chi connectivity index (χ1n) is 15.0. The van der Waals surface area contributed by atoms with Crippen molar-refractivity contribution in [3.63, 3.8) is 0 Å². The molecule has 2 aromatic heterocycles. The average Bonchev–Trinajstić information content (AvgIpc) is 2.95. The number of halogens is 1. The number of aromatic nitrogens is 2. The lowest BCUT2D eigenvalue weighted by Gasteiger charge is -2.47. The van der Waals surface area contributed by atoms with Crippen molar-refractivity contribution in [1.29, 1.82) is 5.26 Å². The Morgan fingerprint density at radius 3 is 2.64 bits per heavy atom. The molecule has 10 heteroatoms. The van der Waals surface area contributed by atoms with E-state index in [0.717, 1.165) is 42.0 Å². The fraction of sp³-hybridized carbons (Fsp3) is 0.382. The highest BCUT2D eigenvalue weighted by Gasteiger charge is 2.39. The largest absolute Gasteiger partial charge is 0.399 e. The van der Waals surface area contributed by atoms with E-state index < -0.39 is 6.04 Å². The maximum absolute atomic E-state index is 13.1. The van der Waals surface area contributed by atoms with Gasteiger partial charge in [-0.05, 0) is 66.3 Å². The van der Waals surface area contributed by atoms with Gasteiger partial charge in [0.15, 0.2) is 0 Å². The number of hydrazine groups is 1. The zero-order valence-electron chi connectivity index (χ0n) is 26.0. The second-order valence-corrected chi connectivity index (χ2v) is 13.4. The molecule has 0 bridgehead atoms. The van der Waals surface area contributed by atoms with Gasteiger partial charge in [-0.25, -0.2) is 5.84 Å². The van der Waals surface area contributed by atoms with Gasteiger partial charge in [-0.15, -0.1) is 0 Å². The van der Waals surface area contributed by atoms with E-state index >= 15 is 0 Å². The molecule has 9 nitrogen and oxygen atoms in total. The number of aryl methyl sites for hydroxylation is 1. The van der Waals surface area contributed by atoms with Crippen LogP contribution in [0.1, 0.15) is 70.5 Å². The minimum Gasteiger partial charge on any atom is -0.399 e. The molecule has 0 radical (unpaired) electrons. The van der Waals surface area contributed by atoms with Gasteiger partial charge >= 0.3 is 0 Å². The van der Waals surface area contributed by atoms with Gasteiger partial charge in [0.2, 0.25) is 0 Å². The summed E-state index contributed by atoms with van der Waals surface area (Å²) >= 11 is 6.82. The van der Waals surface area contributed by atoms with E-state index in [9.17, 15) is 10.1 Å². The van der Waals surface area contributed by atoms with Crippen molar-refractivity contribution in [2.24, 2.45) is 24.0 Å². The summed E-state index contributed by atoms with van der Waals surface area (Å²) in [6.07, 6.45) is 9.17. The first kappa shape index (κ1) is 31.2. The molecule has 0 amide bonds. The first-order chi connectivity index (χ1) is 20.9. The quantitative estimate of drug-likeness (QED) is 0.124. The maximum Gasteiger partial charge on any atom is 0.258 e. The van der Waals surface area contributed by atoms with Gasteiger partial charge in [-0.3, -0.25) is 9.78 Å². The van der Waals surface area contributed by atoms with Crippen molar-refractivity contribution in [2.75, 3.05) is 17.2 Å². The number of anilines is 2. The van der Waals surface area contributed by atoms with Crippen molar-refractivity contribution >= 4 is 44.7 Å². The Bertz CT molecular complexity index is 1840. The third kappa shape index (κ3) is 5.92. The van der Waals surface area contributed by atoms with Crippen LogP contribution in [0.15, 0.2) is 65.5 Å². The molecule has 1 fully saturated rings. The summed E-state index contributed by atoms with van der Waals surface area (Å²) in [5.74, 6) is 6.64. The predicted octanol–water partition coefficient (Wildman–Crippen LogP) is 6.53. The molecule has 1 aliphatic rings. The van der Waals surface area contributed by atoms with Gasteiger partial charge in [0, 0.05) is 48.6 Å². The van der Waals surface area contributed by atoms with Crippen molar-refractivity contribution in [1.82, 2.24) is 14.6 Å². The molecule has 1 atom stereocenters. The lowest BCUT2D eigenvalue weighted by Crippen LogP contribution is -2.54. The van der Waals surface area contributed by atoms with E-state index in [1.807, 2.05) is 36.5 Å². The third-order valence-corrected chi connectivity index (χ3v) is 9.02. The highest BCUT2D eigenvalue weighted by atomic mass is 35.5. The van der Waals surface area contributed by atoms with Crippen LogP contribution in [0.4, 0.5) is 11.4 Å². The highest BCUT2D eigenvalue weighted by molar-refractivity contribution is 6.35. The lowest BCUT2D eigenvalue weighted by molar-refractivity contribution is 0.0514. The zero-order chi connectivity index (χ0) is 31.8. The van der Waals surface area contributed by atoms with Crippen LogP contribution in [0.5, 0.6) is 0 Å². The summed E-state index contributed by atoms with van der Waals surface area (Å²) in [7, 11) is 1.74. The molecular formula is C34H41ClN8O. The van der Waals surface area contributed by atoms with Crippen LogP contribution in [0.25, 0.3) is 21.7 Å². The van der Waals surface area contributed by atoms with E-state index in [1.54, 1.807) is 35.1 Å². The number of rotatable bonds is 9. The zero-order valence-corrected chi connectivity index (χ0v) is 26.8. The normalized spacial score (nSPS) is 15.5. The minimum absolute atomic E-state index is 0.0257. The standard InChI is InChI=1S/C34H41ClN8O/c1-6-34(12-8-13-34)43(38)19-28(37)31(24-9-7-10-25-23(24)11-14-42(5)32(25)44)41-22-15-26-29(40-20-33(2,3)4)21(17-36)18-39-30(26)27(35)16-22/h7,9-11,14-16,18-19,31,41H,6,8,12-13,20,37-38H2,1-5H3,(H,39,40)/b28-19-. The van der Waals surface area contributed by atoms with Crippen LogP contribution in [0.3, 0.4) is 0 Å². The van der Waals surface area contributed by atoms with Gasteiger partial charge in [0.1, 0.15) is 6.07 Å². The molecule has 4 aromatic rings. The summed E-state index contributed by atoms with van der Waals surface area (Å²) in [5, 5.41) is 21.2. The molecule has 5 rings (SSSR count). The SMILES string of the molecule is CCC1(N(N)/C=C(\N)C(Nc2cc(Cl)c3ncc(C#N)c(NCC(C)(C)C)c3c2)c2cccc3c(=O)n(C)ccc23)CCC1. The lowest BCUT2D eigenvalue weighted by atomic mass is 9.74.